The fourth-order valence-electron chi connectivity index (χ4n) is 2.28. The Hall–Kier alpha value is -2.58. The molecule has 0 bridgehead atoms. The monoisotopic (exact) mass is 386 g/mol. The van der Waals surface area contributed by atoms with Crippen LogP contribution in [0.3, 0.4) is 0 Å². The number of thiazole rings is 2. The van der Waals surface area contributed by atoms with E-state index in [4.69, 9.17) is 0 Å². The summed E-state index contributed by atoms with van der Waals surface area (Å²) in [4.78, 5) is 35.2. The van der Waals surface area contributed by atoms with Crippen LogP contribution in [0.2, 0.25) is 0 Å². The highest BCUT2D eigenvalue weighted by Gasteiger charge is 2.19. The number of amides is 2. The summed E-state index contributed by atoms with van der Waals surface area (Å²) >= 11 is 2.62. The number of rotatable bonds is 5. The quantitative estimate of drug-likeness (QED) is 0.729. The Labute approximate surface area is 159 Å². The second kappa shape index (κ2) is 7.76. The van der Waals surface area contributed by atoms with Crippen molar-refractivity contribution >= 4 is 39.6 Å². The zero-order chi connectivity index (χ0) is 18.7. The van der Waals surface area contributed by atoms with E-state index in [1.54, 1.807) is 26.4 Å². The Morgan fingerprint density at radius 3 is 2.58 bits per heavy atom. The number of aromatic nitrogens is 2. The van der Waals surface area contributed by atoms with Gasteiger partial charge in [-0.3, -0.25) is 14.9 Å². The summed E-state index contributed by atoms with van der Waals surface area (Å²) in [5.41, 5.74) is 2.11. The molecule has 0 saturated heterocycles. The molecule has 1 aromatic carbocycles. The van der Waals surface area contributed by atoms with Crippen molar-refractivity contribution in [3.8, 4) is 0 Å². The summed E-state index contributed by atoms with van der Waals surface area (Å²) in [7, 11) is 3.37. The Bertz CT molecular complexity index is 932. The molecule has 1 N–H and O–H groups in total. The molecule has 0 atom stereocenters. The molecule has 0 unspecified atom stereocenters. The Kier molecular flexibility index (Phi) is 5.43. The predicted octanol–water partition coefficient (Wildman–Crippen LogP) is 3.45. The number of carbonyl (C=O) groups excluding carboxylic acids is 2. The maximum atomic E-state index is 12.4. The van der Waals surface area contributed by atoms with Crippen LogP contribution in [-0.2, 0) is 6.42 Å². The summed E-state index contributed by atoms with van der Waals surface area (Å²) in [6, 6.07) is 9.99. The number of nitrogens with zero attached hydrogens (tertiary/aromatic N) is 3. The number of anilines is 1. The number of carbonyl (C=O) groups is 2. The molecule has 2 aromatic heterocycles. The van der Waals surface area contributed by atoms with E-state index in [-0.39, 0.29) is 11.8 Å². The van der Waals surface area contributed by atoms with E-state index < -0.39 is 0 Å². The van der Waals surface area contributed by atoms with Gasteiger partial charge in [0, 0.05) is 25.9 Å². The van der Waals surface area contributed by atoms with Gasteiger partial charge in [0.25, 0.3) is 11.8 Å². The van der Waals surface area contributed by atoms with Crippen LogP contribution in [0, 0.1) is 6.92 Å². The van der Waals surface area contributed by atoms with E-state index in [1.165, 1.54) is 27.6 Å². The number of aryl methyl sites for hydroxylation is 1. The van der Waals surface area contributed by atoms with Crippen molar-refractivity contribution in [2.75, 3.05) is 19.4 Å². The van der Waals surface area contributed by atoms with Crippen LogP contribution in [0.4, 0.5) is 5.13 Å². The van der Waals surface area contributed by atoms with Gasteiger partial charge in [-0.15, -0.1) is 11.3 Å². The summed E-state index contributed by atoms with van der Waals surface area (Å²) in [6.45, 7) is 1.75. The summed E-state index contributed by atoms with van der Waals surface area (Å²) < 4.78 is 0. The molecule has 134 valence electrons. The van der Waals surface area contributed by atoms with Crippen LogP contribution in [0.1, 0.15) is 36.4 Å². The first-order chi connectivity index (χ1) is 12.4. The summed E-state index contributed by atoms with van der Waals surface area (Å²) in [6.07, 6.45) is 0.691. The van der Waals surface area contributed by atoms with Gasteiger partial charge in [0.05, 0.1) is 10.7 Å². The van der Waals surface area contributed by atoms with Gasteiger partial charge in [-0.25, -0.2) is 9.97 Å². The van der Waals surface area contributed by atoms with Crippen LogP contribution in [0.15, 0.2) is 35.7 Å². The number of nitrogens with one attached hydrogen (secondary N) is 1. The molecule has 26 heavy (non-hydrogen) atoms. The molecule has 0 aliphatic rings. The molecule has 0 fully saturated rings. The average Bonchev–Trinajstić information content (AvgIpc) is 3.21. The lowest BCUT2D eigenvalue weighted by molar-refractivity contribution is 0.0831. The highest BCUT2D eigenvalue weighted by molar-refractivity contribution is 7.17. The maximum absolute atomic E-state index is 12.4. The topological polar surface area (TPSA) is 75.2 Å². The third-order valence-corrected chi connectivity index (χ3v) is 5.51. The van der Waals surface area contributed by atoms with E-state index in [0.29, 0.717) is 27.8 Å². The molecule has 0 aliphatic heterocycles. The van der Waals surface area contributed by atoms with Gasteiger partial charge < -0.3 is 4.90 Å². The second-order valence-electron chi connectivity index (χ2n) is 5.88. The van der Waals surface area contributed by atoms with Crippen molar-refractivity contribution in [3.05, 3.63) is 62.5 Å². The zero-order valence-corrected chi connectivity index (χ0v) is 16.3. The highest BCUT2D eigenvalue weighted by atomic mass is 32.1. The fraction of sp³-hybridized carbons (Fsp3) is 0.222. The molecule has 0 spiro atoms. The number of benzene rings is 1. The predicted molar refractivity (Wildman–Crippen MR) is 104 cm³/mol. The van der Waals surface area contributed by atoms with Gasteiger partial charge in [-0.05, 0) is 12.5 Å². The number of hydrogen-bond acceptors (Lipinski definition) is 6. The van der Waals surface area contributed by atoms with E-state index in [9.17, 15) is 9.59 Å². The van der Waals surface area contributed by atoms with Crippen molar-refractivity contribution in [1.82, 2.24) is 14.9 Å². The molecule has 3 rings (SSSR count). The molecule has 0 aliphatic carbocycles. The zero-order valence-electron chi connectivity index (χ0n) is 14.6. The van der Waals surface area contributed by atoms with Crippen molar-refractivity contribution in [3.63, 3.8) is 0 Å². The summed E-state index contributed by atoms with van der Waals surface area (Å²) in [5, 5.41) is 5.74. The first-order valence-corrected chi connectivity index (χ1v) is 9.62. The van der Waals surface area contributed by atoms with Crippen molar-refractivity contribution in [2.45, 2.75) is 13.3 Å². The maximum Gasteiger partial charge on any atom is 0.276 e. The second-order valence-corrected chi connectivity index (χ2v) is 7.82. The highest BCUT2D eigenvalue weighted by Crippen LogP contribution is 2.24. The van der Waals surface area contributed by atoms with Gasteiger partial charge in [0.15, 0.2) is 5.13 Å². The van der Waals surface area contributed by atoms with E-state index in [2.05, 4.69) is 15.3 Å². The minimum Gasteiger partial charge on any atom is -0.344 e. The van der Waals surface area contributed by atoms with Gasteiger partial charge in [-0.2, -0.15) is 0 Å². The molecule has 2 heterocycles. The molecule has 0 radical (unpaired) electrons. The first kappa shape index (κ1) is 18.2. The van der Waals surface area contributed by atoms with E-state index in [0.717, 1.165) is 10.6 Å². The van der Waals surface area contributed by atoms with Crippen LogP contribution in [-0.4, -0.2) is 40.8 Å². The van der Waals surface area contributed by atoms with Gasteiger partial charge in [0.1, 0.15) is 10.6 Å². The number of hydrogen-bond donors (Lipinski definition) is 1. The van der Waals surface area contributed by atoms with Gasteiger partial charge >= 0.3 is 0 Å². The standard InChI is InChI=1S/C18H18N4O2S2/c1-11-15(17(24)22(2)3)26-18(19-11)21-16(23)13-10-25-14(20-13)9-12-7-5-4-6-8-12/h4-8,10H,9H2,1-3H3,(H,19,21,23). The van der Waals surface area contributed by atoms with Crippen LogP contribution >= 0.6 is 22.7 Å². The normalized spacial score (nSPS) is 10.6. The van der Waals surface area contributed by atoms with E-state index in [1.807, 2.05) is 30.3 Å². The largest absolute Gasteiger partial charge is 0.344 e. The molecule has 8 heteroatoms. The Morgan fingerprint density at radius 2 is 1.88 bits per heavy atom. The SMILES string of the molecule is Cc1nc(NC(=O)c2csc(Cc3ccccc3)n2)sc1C(=O)N(C)C. The van der Waals surface area contributed by atoms with E-state index >= 15 is 0 Å². The third kappa shape index (κ3) is 4.14. The van der Waals surface area contributed by atoms with Crippen LogP contribution in [0.25, 0.3) is 0 Å². The smallest absolute Gasteiger partial charge is 0.276 e. The third-order valence-electron chi connectivity index (χ3n) is 3.60. The van der Waals surface area contributed by atoms with Gasteiger partial charge in [-0.1, -0.05) is 41.7 Å². The fourth-order valence-corrected chi connectivity index (χ4v) is 4.07. The average molecular weight is 387 g/mol. The molecular weight excluding hydrogens is 368 g/mol. The summed E-state index contributed by atoms with van der Waals surface area (Å²) in [5.74, 6) is -0.447. The van der Waals surface area contributed by atoms with Crippen molar-refractivity contribution in [2.24, 2.45) is 0 Å². The van der Waals surface area contributed by atoms with Crippen LogP contribution < -0.4 is 5.32 Å². The Balaban J connectivity index is 1.69. The molecule has 0 saturated carbocycles. The molecule has 2 amide bonds. The minimum absolute atomic E-state index is 0.126. The molecule has 6 nitrogen and oxygen atoms in total. The van der Waals surface area contributed by atoms with Gasteiger partial charge in [0.2, 0.25) is 0 Å². The Morgan fingerprint density at radius 1 is 1.15 bits per heavy atom. The lowest BCUT2D eigenvalue weighted by Crippen LogP contribution is -2.21. The first-order valence-electron chi connectivity index (χ1n) is 7.93. The molecule has 3 aromatic rings. The molecular formula is C18H18N4O2S2. The van der Waals surface area contributed by atoms with Crippen LogP contribution in [0.5, 0.6) is 0 Å². The lowest BCUT2D eigenvalue weighted by Gasteiger charge is -2.07. The van der Waals surface area contributed by atoms with Crippen molar-refractivity contribution in [1.29, 1.82) is 0 Å². The van der Waals surface area contributed by atoms with Crippen molar-refractivity contribution < 1.29 is 9.59 Å². The lowest BCUT2D eigenvalue weighted by atomic mass is 10.2. The minimum atomic E-state index is -0.321.